The van der Waals surface area contributed by atoms with Gasteiger partial charge in [-0.15, -0.1) is 0 Å². The first-order valence-electron chi connectivity index (χ1n) is 7.52. The quantitative estimate of drug-likeness (QED) is 0.782. The summed E-state index contributed by atoms with van der Waals surface area (Å²) in [5.74, 6) is -0.442. The molecule has 0 saturated heterocycles. The van der Waals surface area contributed by atoms with Crippen molar-refractivity contribution in [3.63, 3.8) is 0 Å². The molecule has 0 fully saturated rings. The van der Waals surface area contributed by atoms with Crippen molar-refractivity contribution in [1.82, 2.24) is 5.32 Å². The van der Waals surface area contributed by atoms with Crippen LogP contribution >= 0.6 is 0 Å². The fourth-order valence-corrected chi connectivity index (χ4v) is 2.20. The molecule has 0 aliphatic carbocycles. The van der Waals surface area contributed by atoms with E-state index in [1.165, 1.54) is 7.11 Å². The smallest absolute Gasteiger partial charge is 0.408 e. The Hall–Kier alpha value is -2.08. The van der Waals surface area contributed by atoms with Gasteiger partial charge in [0.2, 0.25) is 0 Å². The Morgan fingerprint density at radius 1 is 1.17 bits per heavy atom. The Morgan fingerprint density at radius 2 is 1.78 bits per heavy atom. The molecule has 0 aliphatic heterocycles. The molecular weight excluding hydrogens is 296 g/mol. The third-order valence-corrected chi connectivity index (χ3v) is 3.25. The minimum absolute atomic E-state index is 0.0336. The van der Waals surface area contributed by atoms with Gasteiger partial charge in [-0.2, -0.15) is 0 Å². The van der Waals surface area contributed by atoms with Crippen LogP contribution < -0.4 is 11.1 Å². The number of nitrogens with two attached hydrogens (primary N) is 1. The number of carbonyl (C=O) groups is 2. The number of alkyl carbamates (subject to hydrolysis) is 1. The molecule has 1 amide bonds. The number of esters is 1. The largest absolute Gasteiger partial charge is 0.469 e. The third-order valence-electron chi connectivity index (χ3n) is 3.25. The zero-order valence-electron chi connectivity index (χ0n) is 14.2. The molecule has 0 bridgehead atoms. The number of methoxy groups -OCH3 is 1. The molecule has 1 aromatic carbocycles. The van der Waals surface area contributed by atoms with E-state index < -0.39 is 23.2 Å². The van der Waals surface area contributed by atoms with Crippen LogP contribution in [0.25, 0.3) is 0 Å². The molecule has 6 heteroatoms. The maximum absolute atomic E-state index is 12.2. The van der Waals surface area contributed by atoms with Crippen molar-refractivity contribution in [1.29, 1.82) is 0 Å². The third kappa shape index (κ3) is 6.69. The number of rotatable bonds is 6. The van der Waals surface area contributed by atoms with Gasteiger partial charge in [0.05, 0.1) is 19.1 Å². The van der Waals surface area contributed by atoms with Gasteiger partial charge in [-0.1, -0.05) is 30.3 Å². The number of benzene rings is 1. The first-order chi connectivity index (χ1) is 10.7. The van der Waals surface area contributed by atoms with Gasteiger partial charge >= 0.3 is 12.1 Å². The van der Waals surface area contributed by atoms with Crippen molar-refractivity contribution in [2.75, 3.05) is 13.7 Å². The minimum atomic E-state index is -0.962. The van der Waals surface area contributed by atoms with E-state index in [0.29, 0.717) is 6.42 Å². The summed E-state index contributed by atoms with van der Waals surface area (Å²) >= 11 is 0. The molecule has 1 rings (SSSR count). The van der Waals surface area contributed by atoms with Gasteiger partial charge in [-0.05, 0) is 32.8 Å². The second kappa shape index (κ2) is 7.97. The summed E-state index contributed by atoms with van der Waals surface area (Å²) in [6, 6.07) is 9.51. The molecule has 1 atom stereocenters. The average Bonchev–Trinajstić information content (AvgIpc) is 2.45. The number of nitrogens with one attached hydrogen (secondary N) is 1. The van der Waals surface area contributed by atoms with E-state index in [9.17, 15) is 9.59 Å². The van der Waals surface area contributed by atoms with Crippen LogP contribution in [0.15, 0.2) is 30.3 Å². The first-order valence-corrected chi connectivity index (χ1v) is 7.52. The fourth-order valence-electron chi connectivity index (χ4n) is 2.20. The van der Waals surface area contributed by atoms with E-state index >= 15 is 0 Å². The maximum Gasteiger partial charge on any atom is 0.408 e. The summed E-state index contributed by atoms with van der Waals surface area (Å²) in [4.78, 5) is 23.9. The van der Waals surface area contributed by atoms with Crippen molar-refractivity contribution >= 4 is 12.1 Å². The van der Waals surface area contributed by atoms with Crippen LogP contribution in [0.2, 0.25) is 0 Å². The summed E-state index contributed by atoms with van der Waals surface area (Å²) in [6.45, 7) is 5.40. The van der Waals surface area contributed by atoms with Crippen LogP contribution in [0.4, 0.5) is 4.79 Å². The summed E-state index contributed by atoms with van der Waals surface area (Å²) in [7, 11) is 1.31. The molecule has 0 saturated carbocycles. The monoisotopic (exact) mass is 322 g/mol. The summed E-state index contributed by atoms with van der Waals surface area (Å²) in [5, 5.41) is 2.76. The fraction of sp³-hybridized carbons (Fsp3) is 0.529. The molecule has 0 aromatic heterocycles. The average molecular weight is 322 g/mol. The van der Waals surface area contributed by atoms with Gasteiger partial charge in [-0.3, -0.25) is 4.79 Å². The van der Waals surface area contributed by atoms with Crippen molar-refractivity contribution in [3.8, 4) is 0 Å². The summed E-state index contributed by atoms with van der Waals surface area (Å²) in [5.41, 5.74) is 5.25. The van der Waals surface area contributed by atoms with Gasteiger partial charge in [0.1, 0.15) is 5.60 Å². The van der Waals surface area contributed by atoms with Gasteiger partial charge in [0.25, 0.3) is 0 Å². The molecule has 0 heterocycles. The number of hydrogen-bond acceptors (Lipinski definition) is 5. The second-order valence-electron chi connectivity index (χ2n) is 6.53. The SMILES string of the molecule is COC(=O)CC(CN)(Cc1ccccc1)NC(=O)OC(C)(C)C. The number of amides is 1. The Balaban J connectivity index is 2.98. The van der Waals surface area contributed by atoms with E-state index in [0.717, 1.165) is 5.56 Å². The predicted octanol–water partition coefficient (Wildman–Crippen LogP) is 2.01. The molecule has 3 N–H and O–H groups in total. The normalized spacial score (nSPS) is 13.8. The lowest BCUT2D eigenvalue weighted by molar-refractivity contribution is -0.142. The highest BCUT2D eigenvalue weighted by Gasteiger charge is 2.35. The summed E-state index contributed by atoms with van der Waals surface area (Å²) < 4.78 is 10.0. The van der Waals surface area contributed by atoms with Crippen LogP contribution in [-0.2, 0) is 20.7 Å². The molecule has 0 radical (unpaired) electrons. The summed E-state index contributed by atoms with van der Waals surface area (Å²) in [6.07, 6.45) is -0.241. The van der Waals surface area contributed by atoms with Crippen molar-refractivity contribution in [2.24, 2.45) is 5.73 Å². The van der Waals surface area contributed by atoms with Crippen LogP contribution in [0.5, 0.6) is 0 Å². The van der Waals surface area contributed by atoms with E-state index in [1.54, 1.807) is 20.8 Å². The molecule has 0 spiro atoms. The molecule has 1 aromatic rings. The van der Waals surface area contributed by atoms with Crippen LogP contribution in [0, 0.1) is 0 Å². The van der Waals surface area contributed by atoms with Crippen LogP contribution in [-0.4, -0.2) is 36.9 Å². The first kappa shape index (κ1) is 19.0. The second-order valence-corrected chi connectivity index (χ2v) is 6.53. The van der Waals surface area contributed by atoms with Gasteiger partial charge in [0, 0.05) is 6.54 Å². The highest BCUT2D eigenvalue weighted by Crippen LogP contribution is 2.19. The van der Waals surface area contributed by atoms with E-state index in [-0.39, 0.29) is 13.0 Å². The van der Waals surface area contributed by atoms with Crippen LogP contribution in [0.1, 0.15) is 32.8 Å². The molecule has 0 aliphatic rings. The van der Waals surface area contributed by atoms with Crippen molar-refractivity contribution in [3.05, 3.63) is 35.9 Å². The maximum atomic E-state index is 12.2. The molecule has 6 nitrogen and oxygen atoms in total. The Kier molecular flexibility index (Phi) is 6.57. The van der Waals surface area contributed by atoms with E-state index in [1.807, 2.05) is 30.3 Å². The van der Waals surface area contributed by atoms with Gasteiger partial charge < -0.3 is 20.5 Å². The highest BCUT2D eigenvalue weighted by atomic mass is 16.6. The molecule has 128 valence electrons. The molecule has 23 heavy (non-hydrogen) atoms. The lowest BCUT2D eigenvalue weighted by atomic mass is 9.87. The Bertz CT molecular complexity index is 525. The number of hydrogen-bond donors (Lipinski definition) is 2. The lowest BCUT2D eigenvalue weighted by Gasteiger charge is -2.33. The van der Waals surface area contributed by atoms with Gasteiger partial charge in [0.15, 0.2) is 0 Å². The highest BCUT2D eigenvalue weighted by molar-refractivity contribution is 5.74. The van der Waals surface area contributed by atoms with Crippen molar-refractivity contribution in [2.45, 2.75) is 44.8 Å². The topological polar surface area (TPSA) is 90.6 Å². The number of carbonyl (C=O) groups excluding carboxylic acids is 2. The van der Waals surface area contributed by atoms with Gasteiger partial charge in [-0.25, -0.2) is 4.79 Å². The van der Waals surface area contributed by atoms with Crippen molar-refractivity contribution < 1.29 is 19.1 Å². The Labute approximate surface area is 137 Å². The predicted molar refractivity (Wildman–Crippen MR) is 87.9 cm³/mol. The van der Waals surface area contributed by atoms with E-state index in [2.05, 4.69) is 5.32 Å². The zero-order chi connectivity index (χ0) is 17.5. The minimum Gasteiger partial charge on any atom is -0.469 e. The zero-order valence-corrected chi connectivity index (χ0v) is 14.2. The standard InChI is InChI=1S/C17H26N2O4/c1-16(2,3)23-15(21)19-17(12-18,11-14(20)22-4)10-13-8-6-5-7-9-13/h5-9H,10-12,18H2,1-4H3,(H,19,21). The molecule has 1 unspecified atom stereocenters. The van der Waals surface area contributed by atoms with E-state index in [4.69, 9.17) is 15.2 Å². The number of ether oxygens (including phenoxy) is 2. The Morgan fingerprint density at radius 3 is 2.26 bits per heavy atom. The van der Waals surface area contributed by atoms with Crippen LogP contribution in [0.3, 0.4) is 0 Å². The lowest BCUT2D eigenvalue weighted by Crippen LogP contribution is -2.57. The molecular formula is C17H26N2O4.